The first kappa shape index (κ1) is 12.7. The Kier molecular flexibility index (Phi) is 3.86. The number of nitrogen functional groups attached to an aromatic ring is 2. The molecule has 0 aliphatic rings. The summed E-state index contributed by atoms with van der Waals surface area (Å²) in [6.45, 7) is 2.18. The molecule has 17 heavy (non-hydrogen) atoms. The van der Waals surface area contributed by atoms with Crippen molar-refractivity contribution in [3.63, 3.8) is 0 Å². The van der Waals surface area contributed by atoms with Gasteiger partial charge in [-0.1, -0.05) is 18.3 Å². The van der Waals surface area contributed by atoms with E-state index in [0.29, 0.717) is 6.42 Å². The normalized spacial score (nSPS) is 10.2. The summed E-state index contributed by atoms with van der Waals surface area (Å²) in [7, 11) is 0. The van der Waals surface area contributed by atoms with Crippen LogP contribution in [-0.4, -0.2) is 16.5 Å². The Hall–Kier alpha value is -2.32. The number of anilines is 2. The third kappa shape index (κ3) is 2.62. The standard InChI is InChI=1S/C8H13N5O4/c1-2-3-4-17-7-5(13(15)16)6(9)12(14)8(10)11-7/h2-4,9H2,1H3,(H2,10,11). The second-order valence-electron chi connectivity index (χ2n) is 3.26. The maximum absolute atomic E-state index is 11.2. The van der Waals surface area contributed by atoms with Gasteiger partial charge in [0.25, 0.3) is 5.82 Å². The van der Waals surface area contributed by atoms with E-state index in [-0.39, 0.29) is 17.2 Å². The Morgan fingerprint density at radius 3 is 2.71 bits per heavy atom. The number of nitro groups is 1. The average Bonchev–Trinajstić information content (AvgIpc) is 2.26. The lowest BCUT2D eigenvalue weighted by atomic mass is 10.4. The van der Waals surface area contributed by atoms with E-state index in [1.165, 1.54) is 0 Å². The van der Waals surface area contributed by atoms with Crippen molar-refractivity contribution in [2.75, 3.05) is 18.1 Å². The smallest absolute Gasteiger partial charge is 0.407 e. The van der Waals surface area contributed by atoms with Gasteiger partial charge in [0.2, 0.25) is 0 Å². The maximum atomic E-state index is 11.2. The number of nitrogens with two attached hydrogens (primary N) is 2. The largest absolute Gasteiger partial charge is 0.754 e. The fourth-order valence-corrected chi connectivity index (χ4v) is 1.12. The lowest BCUT2D eigenvalue weighted by molar-refractivity contribution is -0.581. The summed E-state index contributed by atoms with van der Waals surface area (Å²) in [6, 6.07) is 0. The third-order valence-corrected chi connectivity index (χ3v) is 2.01. The van der Waals surface area contributed by atoms with Gasteiger partial charge in [-0.25, -0.2) is 4.73 Å². The second-order valence-corrected chi connectivity index (χ2v) is 3.26. The van der Waals surface area contributed by atoms with Crippen LogP contribution < -0.4 is 20.9 Å². The maximum Gasteiger partial charge on any atom is 0.407 e. The molecule has 0 saturated heterocycles. The summed E-state index contributed by atoms with van der Waals surface area (Å²) in [4.78, 5) is 13.4. The van der Waals surface area contributed by atoms with E-state index in [1.54, 1.807) is 0 Å². The molecule has 1 heterocycles. The minimum Gasteiger partial charge on any atom is -0.754 e. The number of nitrogens with zero attached hydrogens (tertiary/aromatic N) is 3. The predicted octanol–water partition coefficient (Wildman–Crippen LogP) is -0.0335. The van der Waals surface area contributed by atoms with Crippen LogP contribution in [0, 0.1) is 15.3 Å². The van der Waals surface area contributed by atoms with Crippen LogP contribution in [0.15, 0.2) is 0 Å². The Labute approximate surface area is 96.7 Å². The van der Waals surface area contributed by atoms with E-state index >= 15 is 0 Å². The molecule has 0 aliphatic heterocycles. The Morgan fingerprint density at radius 1 is 1.53 bits per heavy atom. The third-order valence-electron chi connectivity index (χ3n) is 2.01. The number of hydrogen-bond donors (Lipinski definition) is 2. The van der Waals surface area contributed by atoms with Crippen LogP contribution in [0.3, 0.4) is 0 Å². The van der Waals surface area contributed by atoms with Gasteiger partial charge in [-0.3, -0.25) is 10.1 Å². The number of hydrogen-bond acceptors (Lipinski definition) is 7. The van der Waals surface area contributed by atoms with E-state index in [0.717, 1.165) is 6.42 Å². The van der Waals surface area contributed by atoms with Crippen molar-refractivity contribution in [2.45, 2.75) is 19.8 Å². The minimum atomic E-state index is -0.822. The summed E-state index contributed by atoms with van der Waals surface area (Å²) >= 11 is 0. The fraction of sp³-hybridized carbons (Fsp3) is 0.500. The van der Waals surface area contributed by atoms with E-state index in [4.69, 9.17) is 16.2 Å². The quantitative estimate of drug-likeness (QED) is 0.243. The summed E-state index contributed by atoms with van der Waals surface area (Å²) in [5.41, 5.74) is 9.89. The molecular formula is C8H13N5O4. The van der Waals surface area contributed by atoms with Crippen molar-refractivity contribution in [2.24, 2.45) is 0 Å². The van der Waals surface area contributed by atoms with Gasteiger partial charge in [0.05, 0.1) is 11.5 Å². The summed E-state index contributed by atoms with van der Waals surface area (Å²) in [6.07, 6.45) is 1.55. The van der Waals surface area contributed by atoms with Gasteiger partial charge in [0.1, 0.15) is 0 Å². The zero-order valence-electron chi connectivity index (χ0n) is 9.25. The zero-order chi connectivity index (χ0) is 13.0. The highest BCUT2D eigenvalue weighted by atomic mass is 16.6. The van der Waals surface area contributed by atoms with Crippen LogP contribution in [0.4, 0.5) is 17.5 Å². The van der Waals surface area contributed by atoms with Gasteiger partial charge in [-0.15, -0.1) is 0 Å². The zero-order valence-corrected chi connectivity index (χ0v) is 9.25. The van der Waals surface area contributed by atoms with Gasteiger partial charge < -0.3 is 21.4 Å². The second kappa shape index (κ2) is 5.14. The molecular weight excluding hydrogens is 230 g/mol. The summed E-state index contributed by atoms with van der Waals surface area (Å²) in [5.74, 6) is -1.45. The molecule has 9 heteroatoms. The number of aromatic nitrogens is 2. The molecule has 0 aromatic carbocycles. The van der Waals surface area contributed by atoms with Crippen LogP contribution in [0.5, 0.6) is 5.88 Å². The van der Waals surface area contributed by atoms with E-state index in [9.17, 15) is 15.3 Å². The first-order chi connectivity index (χ1) is 7.99. The van der Waals surface area contributed by atoms with Gasteiger partial charge in [-0.05, 0) is 6.42 Å². The molecule has 0 amide bonds. The van der Waals surface area contributed by atoms with Crippen LogP contribution >= 0.6 is 0 Å². The molecule has 0 radical (unpaired) electrons. The van der Waals surface area contributed by atoms with Crippen molar-refractivity contribution < 1.29 is 14.4 Å². The van der Waals surface area contributed by atoms with Crippen molar-refractivity contribution in [1.82, 2.24) is 4.98 Å². The summed E-state index contributed by atoms with van der Waals surface area (Å²) < 4.78 is 5.08. The highest BCUT2D eigenvalue weighted by Crippen LogP contribution is 2.29. The topological polar surface area (TPSA) is 144 Å². The molecule has 0 bridgehead atoms. The molecule has 0 atom stereocenters. The first-order valence-corrected chi connectivity index (χ1v) is 4.94. The van der Waals surface area contributed by atoms with E-state index in [1.807, 2.05) is 6.92 Å². The molecule has 1 rings (SSSR count). The first-order valence-electron chi connectivity index (χ1n) is 4.94. The SMILES string of the molecule is CCCCOc1nc(N)[n+]([O-])c(N)c1[N+](=O)[O-]. The Balaban J connectivity index is 3.14. The van der Waals surface area contributed by atoms with E-state index < -0.39 is 22.4 Å². The fourth-order valence-electron chi connectivity index (χ4n) is 1.12. The van der Waals surface area contributed by atoms with Crippen molar-refractivity contribution in [1.29, 1.82) is 0 Å². The molecule has 9 nitrogen and oxygen atoms in total. The highest BCUT2D eigenvalue weighted by molar-refractivity contribution is 5.56. The van der Waals surface area contributed by atoms with Crippen molar-refractivity contribution >= 4 is 17.5 Å². The predicted molar refractivity (Wildman–Crippen MR) is 59.1 cm³/mol. The van der Waals surface area contributed by atoms with Crippen LogP contribution in [0.2, 0.25) is 0 Å². The molecule has 0 saturated carbocycles. The lowest BCUT2D eigenvalue weighted by Gasteiger charge is -2.11. The molecule has 4 N–H and O–H groups in total. The molecule has 94 valence electrons. The van der Waals surface area contributed by atoms with Gasteiger partial charge in [0.15, 0.2) is 0 Å². The van der Waals surface area contributed by atoms with Gasteiger partial charge >= 0.3 is 17.5 Å². The van der Waals surface area contributed by atoms with Crippen LogP contribution in [0.25, 0.3) is 0 Å². The number of unbranched alkanes of at least 4 members (excludes halogenated alkanes) is 1. The molecule has 1 aromatic heterocycles. The van der Waals surface area contributed by atoms with Crippen LogP contribution in [0.1, 0.15) is 19.8 Å². The molecule has 0 fully saturated rings. The monoisotopic (exact) mass is 243 g/mol. The minimum absolute atomic E-state index is 0.00911. The molecule has 0 aliphatic carbocycles. The van der Waals surface area contributed by atoms with Crippen molar-refractivity contribution in [3.8, 4) is 5.88 Å². The Bertz CT molecular complexity index is 436. The average molecular weight is 243 g/mol. The van der Waals surface area contributed by atoms with Gasteiger partial charge in [-0.2, -0.15) is 0 Å². The van der Waals surface area contributed by atoms with Crippen molar-refractivity contribution in [3.05, 3.63) is 15.3 Å². The molecule has 0 unspecified atom stereocenters. The van der Waals surface area contributed by atoms with Gasteiger partial charge in [0, 0.05) is 0 Å². The van der Waals surface area contributed by atoms with Crippen LogP contribution in [-0.2, 0) is 0 Å². The Morgan fingerprint density at radius 2 is 2.18 bits per heavy atom. The number of ether oxygens (including phenoxy) is 1. The van der Waals surface area contributed by atoms with E-state index in [2.05, 4.69) is 4.98 Å². The summed E-state index contributed by atoms with van der Waals surface area (Å²) in [5, 5.41) is 22.0. The number of rotatable bonds is 5. The molecule has 1 aromatic rings. The molecule has 0 spiro atoms. The highest BCUT2D eigenvalue weighted by Gasteiger charge is 2.29. The lowest BCUT2D eigenvalue weighted by Crippen LogP contribution is -2.36.